The van der Waals surface area contributed by atoms with Crippen molar-refractivity contribution in [1.82, 2.24) is 9.97 Å². The van der Waals surface area contributed by atoms with Gasteiger partial charge < -0.3 is 10.2 Å². The van der Waals surface area contributed by atoms with Crippen molar-refractivity contribution in [3.8, 4) is 11.1 Å². The second-order valence-electron chi connectivity index (χ2n) is 7.56. The highest BCUT2D eigenvalue weighted by molar-refractivity contribution is 7.17. The van der Waals surface area contributed by atoms with Gasteiger partial charge in [0.15, 0.2) is 0 Å². The number of rotatable bonds is 6. The van der Waals surface area contributed by atoms with Gasteiger partial charge in [-0.05, 0) is 48.6 Å². The molecule has 1 aliphatic heterocycles. The minimum absolute atomic E-state index is 0.743. The zero-order chi connectivity index (χ0) is 20.3. The van der Waals surface area contributed by atoms with E-state index in [9.17, 15) is 0 Å². The lowest BCUT2D eigenvalue weighted by atomic mass is 10.0. The second kappa shape index (κ2) is 8.62. The molecule has 6 heteroatoms. The Hall–Kier alpha value is -2.63. The Bertz CT molecular complexity index is 1160. The number of aromatic nitrogens is 2. The Labute approximate surface area is 185 Å². The predicted molar refractivity (Wildman–Crippen MR) is 128 cm³/mol. The molecule has 4 aromatic rings. The van der Waals surface area contributed by atoms with Crippen molar-refractivity contribution in [2.75, 3.05) is 29.9 Å². The van der Waals surface area contributed by atoms with Crippen LogP contribution >= 0.6 is 22.9 Å². The quantitative estimate of drug-likeness (QED) is 0.363. The molecule has 0 saturated carbocycles. The monoisotopic (exact) mass is 434 g/mol. The summed E-state index contributed by atoms with van der Waals surface area (Å²) < 4.78 is 0. The number of aryl methyl sites for hydroxylation is 1. The number of anilines is 2. The normalized spacial score (nSPS) is 13.4. The number of halogens is 1. The molecule has 30 heavy (non-hydrogen) atoms. The summed E-state index contributed by atoms with van der Waals surface area (Å²) in [6, 6.07) is 16.7. The van der Waals surface area contributed by atoms with E-state index < -0.39 is 0 Å². The third-order valence-corrected chi connectivity index (χ3v) is 6.77. The van der Waals surface area contributed by atoms with E-state index in [4.69, 9.17) is 11.6 Å². The molecule has 0 amide bonds. The Balaban J connectivity index is 1.30. The van der Waals surface area contributed by atoms with Gasteiger partial charge in [-0.2, -0.15) is 0 Å². The van der Waals surface area contributed by atoms with Crippen LogP contribution in [0.5, 0.6) is 0 Å². The molecule has 2 aromatic heterocycles. The molecule has 3 heterocycles. The molecule has 0 aliphatic carbocycles. The number of hydrogen-bond acceptors (Lipinski definition) is 5. The fraction of sp³-hybridized carbons (Fsp3) is 0.250. The Kier molecular flexibility index (Phi) is 5.56. The minimum atomic E-state index is 0.743. The largest absolute Gasteiger partial charge is 0.371 e. The van der Waals surface area contributed by atoms with Crippen molar-refractivity contribution in [1.29, 1.82) is 0 Å². The first-order valence-corrected chi connectivity index (χ1v) is 11.6. The van der Waals surface area contributed by atoms with Gasteiger partial charge in [0.2, 0.25) is 0 Å². The Morgan fingerprint density at radius 2 is 1.93 bits per heavy atom. The number of fused-ring (bicyclic) bond motifs is 2. The van der Waals surface area contributed by atoms with E-state index in [0.717, 1.165) is 58.2 Å². The van der Waals surface area contributed by atoms with Gasteiger partial charge >= 0.3 is 0 Å². The van der Waals surface area contributed by atoms with Gasteiger partial charge in [-0.15, -0.1) is 11.3 Å². The van der Waals surface area contributed by atoms with Crippen LogP contribution < -0.4 is 10.2 Å². The van der Waals surface area contributed by atoms with Crippen molar-refractivity contribution < 1.29 is 0 Å². The second-order valence-corrected chi connectivity index (χ2v) is 8.85. The summed E-state index contributed by atoms with van der Waals surface area (Å²) in [5.74, 6) is 0.908. The van der Waals surface area contributed by atoms with Crippen molar-refractivity contribution >= 4 is 44.7 Å². The van der Waals surface area contributed by atoms with Crippen molar-refractivity contribution in [2.45, 2.75) is 19.3 Å². The highest BCUT2D eigenvalue weighted by Crippen LogP contribution is 2.36. The van der Waals surface area contributed by atoms with Gasteiger partial charge in [0.25, 0.3) is 0 Å². The molecule has 1 N–H and O–H groups in total. The van der Waals surface area contributed by atoms with Crippen LogP contribution in [0.15, 0.2) is 60.2 Å². The Morgan fingerprint density at radius 1 is 1.07 bits per heavy atom. The smallest absolute Gasteiger partial charge is 0.138 e. The van der Waals surface area contributed by atoms with Gasteiger partial charge in [-0.1, -0.05) is 41.9 Å². The van der Waals surface area contributed by atoms with Crippen molar-refractivity contribution in [2.24, 2.45) is 0 Å². The van der Waals surface area contributed by atoms with Crippen molar-refractivity contribution in [3.63, 3.8) is 0 Å². The summed E-state index contributed by atoms with van der Waals surface area (Å²) in [6.45, 7) is 3.06. The van der Waals surface area contributed by atoms with Gasteiger partial charge in [-0.25, -0.2) is 9.97 Å². The first-order chi connectivity index (χ1) is 14.8. The van der Waals surface area contributed by atoms with E-state index in [0.29, 0.717) is 0 Å². The van der Waals surface area contributed by atoms with Crippen LogP contribution in [0.1, 0.15) is 18.4 Å². The van der Waals surface area contributed by atoms with Crippen LogP contribution in [-0.2, 0) is 6.42 Å². The molecule has 0 saturated heterocycles. The lowest BCUT2D eigenvalue weighted by Crippen LogP contribution is -2.31. The molecule has 0 atom stereocenters. The molecule has 0 bridgehead atoms. The van der Waals surface area contributed by atoms with Crippen LogP contribution in [0, 0.1) is 0 Å². The molecule has 5 rings (SSSR count). The zero-order valence-corrected chi connectivity index (χ0v) is 18.2. The number of para-hydroxylation sites is 1. The van der Waals surface area contributed by atoms with E-state index in [2.05, 4.69) is 62.0 Å². The fourth-order valence-corrected chi connectivity index (χ4v) is 5.21. The molecule has 1 aliphatic rings. The molecule has 2 aromatic carbocycles. The maximum absolute atomic E-state index is 6.06. The van der Waals surface area contributed by atoms with Crippen LogP contribution in [0.2, 0.25) is 5.02 Å². The highest BCUT2D eigenvalue weighted by Gasteiger charge is 2.16. The molecule has 0 fully saturated rings. The highest BCUT2D eigenvalue weighted by atomic mass is 35.5. The van der Waals surface area contributed by atoms with E-state index in [1.807, 2.05) is 12.1 Å². The summed E-state index contributed by atoms with van der Waals surface area (Å²) in [5, 5.41) is 7.55. The Morgan fingerprint density at radius 3 is 2.83 bits per heavy atom. The van der Waals surface area contributed by atoms with E-state index in [-0.39, 0.29) is 0 Å². The van der Waals surface area contributed by atoms with E-state index in [1.54, 1.807) is 17.7 Å². The molecule has 152 valence electrons. The maximum atomic E-state index is 6.06. The third kappa shape index (κ3) is 3.87. The SMILES string of the molecule is Clc1ccc(-c2csc3ncnc(NCCCN4CCCc5ccccc54)c23)cc1. The first kappa shape index (κ1) is 19.3. The lowest BCUT2D eigenvalue weighted by Gasteiger charge is -2.31. The molecular formula is C24H23ClN4S. The topological polar surface area (TPSA) is 41.1 Å². The maximum Gasteiger partial charge on any atom is 0.138 e. The van der Waals surface area contributed by atoms with Crippen LogP contribution in [-0.4, -0.2) is 29.6 Å². The molecule has 0 spiro atoms. The average molecular weight is 435 g/mol. The first-order valence-electron chi connectivity index (χ1n) is 10.3. The van der Waals surface area contributed by atoms with Crippen LogP contribution in [0.4, 0.5) is 11.5 Å². The number of nitrogens with one attached hydrogen (secondary N) is 1. The average Bonchev–Trinajstić information content (AvgIpc) is 3.22. The van der Waals surface area contributed by atoms with Gasteiger partial charge in [0, 0.05) is 41.3 Å². The summed E-state index contributed by atoms with van der Waals surface area (Å²) in [5.41, 5.74) is 5.16. The minimum Gasteiger partial charge on any atom is -0.371 e. The number of benzene rings is 2. The van der Waals surface area contributed by atoms with Crippen molar-refractivity contribution in [3.05, 3.63) is 70.8 Å². The predicted octanol–water partition coefficient (Wildman–Crippen LogP) is 6.27. The van der Waals surface area contributed by atoms with Gasteiger partial charge in [0.1, 0.15) is 17.0 Å². The number of nitrogens with zero attached hydrogens (tertiary/aromatic N) is 3. The van der Waals surface area contributed by atoms with E-state index in [1.165, 1.54) is 24.1 Å². The van der Waals surface area contributed by atoms with Gasteiger partial charge in [-0.3, -0.25) is 0 Å². The summed E-state index contributed by atoms with van der Waals surface area (Å²) in [7, 11) is 0. The molecule has 0 unspecified atom stereocenters. The standard InChI is InChI=1S/C24H23ClN4S/c25-19-10-8-17(9-11-19)20-15-30-24-22(20)23(27-16-28-24)26-12-4-14-29-13-3-6-18-5-1-2-7-21(18)29/h1-2,5,7-11,15-16H,3-4,6,12-14H2,(H,26,27,28). The van der Waals surface area contributed by atoms with Crippen LogP contribution in [0.25, 0.3) is 21.3 Å². The number of thiophene rings is 1. The van der Waals surface area contributed by atoms with E-state index >= 15 is 0 Å². The fourth-order valence-electron chi connectivity index (χ4n) is 4.17. The number of hydrogen-bond donors (Lipinski definition) is 1. The zero-order valence-electron chi connectivity index (χ0n) is 16.6. The lowest BCUT2D eigenvalue weighted by molar-refractivity contribution is 0.673. The molecular weight excluding hydrogens is 412 g/mol. The summed E-state index contributed by atoms with van der Waals surface area (Å²) >= 11 is 7.71. The molecule has 4 nitrogen and oxygen atoms in total. The third-order valence-electron chi connectivity index (χ3n) is 5.63. The molecule has 0 radical (unpaired) electrons. The van der Waals surface area contributed by atoms with Crippen LogP contribution in [0.3, 0.4) is 0 Å². The summed E-state index contributed by atoms with van der Waals surface area (Å²) in [4.78, 5) is 12.5. The van der Waals surface area contributed by atoms with Gasteiger partial charge in [0.05, 0.1) is 5.39 Å². The summed E-state index contributed by atoms with van der Waals surface area (Å²) in [6.07, 6.45) is 5.12.